The molecule has 4 rings (SSSR count). The standard InChI is InChI=1S/C14H13N3O.ClH/c18-13-7-8-17-12(16-13)6-5-10-9-3-1-2-4-11(9)15-14(10)17;/h1-6,13,18H,7-8H2,(H,15,16);1H/p+1. The van der Waals surface area contributed by atoms with E-state index in [1.807, 2.05) is 12.1 Å². The van der Waals surface area contributed by atoms with Crippen molar-refractivity contribution in [2.24, 2.45) is 0 Å². The molecule has 3 heterocycles. The number of aromatic nitrogens is 2. The zero-order valence-corrected chi connectivity index (χ0v) is 11.1. The number of aliphatic hydroxyl groups is 1. The number of aliphatic hydroxyl groups excluding tert-OH is 1. The van der Waals surface area contributed by atoms with Crippen LogP contribution in [0.3, 0.4) is 0 Å². The van der Waals surface area contributed by atoms with Gasteiger partial charge >= 0.3 is 0 Å². The summed E-state index contributed by atoms with van der Waals surface area (Å²) in [6, 6.07) is 12.5. The lowest BCUT2D eigenvalue weighted by Gasteiger charge is -2.19. The third-order valence-electron chi connectivity index (χ3n) is 3.63. The second-order valence-corrected chi connectivity index (χ2v) is 4.75. The highest BCUT2D eigenvalue weighted by molar-refractivity contribution is 6.04. The van der Waals surface area contributed by atoms with Gasteiger partial charge in [0.25, 0.3) is 0 Å². The van der Waals surface area contributed by atoms with Crippen molar-refractivity contribution in [3.8, 4) is 0 Å². The van der Waals surface area contributed by atoms with Crippen LogP contribution in [0.1, 0.15) is 6.42 Å². The van der Waals surface area contributed by atoms with E-state index in [1.165, 1.54) is 10.8 Å². The third kappa shape index (κ3) is 1.76. The number of fused-ring (bicyclic) bond motifs is 5. The van der Waals surface area contributed by atoms with Gasteiger partial charge in [0.15, 0.2) is 6.23 Å². The lowest BCUT2D eigenvalue weighted by Crippen LogP contribution is -2.46. The highest BCUT2D eigenvalue weighted by Gasteiger charge is 2.23. The van der Waals surface area contributed by atoms with Crippen LogP contribution in [0.2, 0.25) is 0 Å². The summed E-state index contributed by atoms with van der Waals surface area (Å²) in [5.74, 6) is 0.966. The molecule has 2 aromatic heterocycles. The average Bonchev–Trinajstić information content (AvgIpc) is 2.77. The molecule has 0 spiro atoms. The first-order chi connectivity index (χ1) is 8.83. The Morgan fingerprint density at radius 2 is 1.95 bits per heavy atom. The minimum atomic E-state index is -0.438. The van der Waals surface area contributed by atoms with Gasteiger partial charge < -0.3 is 5.11 Å². The summed E-state index contributed by atoms with van der Waals surface area (Å²) in [6.45, 7) is 0.827. The van der Waals surface area contributed by atoms with Gasteiger partial charge in [-0.25, -0.2) is 4.57 Å². The van der Waals surface area contributed by atoms with Crippen molar-refractivity contribution in [1.29, 1.82) is 0 Å². The Bertz CT molecular complexity index is 753. The molecule has 0 amide bonds. The van der Waals surface area contributed by atoms with Crippen molar-refractivity contribution in [3.05, 3.63) is 36.4 Å². The Morgan fingerprint density at radius 3 is 2.84 bits per heavy atom. The van der Waals surface area contributed by atoms with Crippen LogP contribution in [0, 0.1) is 0 Å². The number of H-pyrrole nitrogens is 1. The second-order valence-electron chi connectivity index (χ2n) is 4.75. The van der Waals surface area contributed by atoms with Crippen LogP contribution in [0.15, 0.2) is 36.4 Å². The van der Waals surface area contributed by atoms with E-state index in [0.29, 0.717) is 0 Å². The molecule has 98 valence electrons. The maximum Gasteiger partial charge on any atom is 0.234 e. The fourth-order valence-corrected chi connectivity index (χ4v) is 2.76. The van der Waals surface area contributed by atoms with Crippen molar-refractivity contribution in [2.45, 2.75) is 19.2 Å². The van der Waals surface area contributed by atoms with Gasteiger partial charge in [-0.2, -0.15) is 0 Å². The predicted octanol–water partition coefficient (Wildman–Crippen LogP) is 2.16. The number of benzene rings is 1. The molecular formula is C14H15ClN3O+. The average molecular weight is 277 g/mol. The van der Waals surface area contributed by atoms with Crippen molar-refractivity contribution in [1.82, 2.24) is 4.98 Å². The van der Waals surface area contributed by atoms with Crippen LogP contribution in [0.5, 0.6) is 0 Å². The number of nitrogens with zero attached hydrogens (tertiary/aromatic N) is 1. The molecule has 1 atom stereocenters. The Kier molecular flexibility index (Phi) is 2.84. The molecule has 5 heteroatoms. The molecule has 1 aliphatic heterocycles. The highest BCUT2D eigenvalue weighted by atomic mass is 35.5. The van der Waals surface area contributed by atoms with Gasteiger partial charge in [0, 0.05) is 17.9 Å². The third-order valence-corrected chi connectivity index (χ3v) is 3.63. The maximum absolute atomic E-state index is 9.63. The number of anilines is 1. The zero-order chi connectivity index (χ0) is 12.1. The first kappa shape index (κ1) is 12.3. The minimum Gasteiger partial charge on any atom is -0.361 e. The Balaban J connectivity index is 0.00000110. The topological polar surface area (TPSA) is 51.9 Å². The molecular weight excluding hydrogens is 262 g/mol. The van der Waals surface area contributed by atoms with E-state index in [9.17, 15) is 5.11 Å². The van der Waals surface area contributed by atoms with Gasteiger partial charge in [-0.15, -0.1) is 12.4 Å². The van der Waals surface area contributed by atoms with E-state index in [4.69, 9.17) is 0 Å². The summed E-state index contributed by atoms with van der Waals surface area (Å²) in [7, 11) is 0. The summed E-state index contributed by atoms with van der Waals surface area (Å²) < 4.78 is 2.20. The van der Waals surface area contributed by atoms with Gasteiger partial charge in [-0.3, -0.25) is 10.3 Å². The molecule has 1 aromatic carbocycles. The quantitative estimate of drug-likeness (QED) is 0.551. The van der Waals surface area contributed by atoms with Crippen molar-refractivity contribution in [3.63, 3.8) is 0 Å². The van der Waals surface area contributed by atoms with Crippen molar-refractivity contribution in [2.75, 3.05) is 5.32 Å². The molecule has 4 nitrogen and oxygen atoms in total. The number of halogens is 1. The van der Waals surface area contributed by atoms with Crippen LogP contribution in [0.25, 0.3) is 21.9 Å². The summed E-state index contributed by atoms with van der Waals surface area (Å²) in [6.07, 6.45) is 0.290. The highest BCUT2D eigenvalue weighted by Crippen LogP contribution is 2.25. The number of hydrogen-bond acceptors (Lipinski definition) is 2. The van der Waals surface area contributed by atoms with Crippen LogP contribution < -0.4 is 9.88 Å². The maximum atomic E-state index is 9.63. The molecule has 0 radical (unpaired) electrons. The van der Waals surface area contributed by atoms with Crippen LogP contribution in [-0.4, -0.2) is 16.3 Å². The molecule has 0 bridgehead atoms. The number of aromatic amines is 1. The number of pyridine rings is 1. The smallest absolute Gasteiger partial charge is 0.234 e. The number of para-hydroxylation sites is 1. The monoisotopic (exact) mass is 276 g/mol. The summed E-state index contributed by atoms with van der Waals surface area (Å²) >= 11 is 0. The Morgan fingerprint density at radius 1 is 1.11 bits per heavy atom. The fraction of sp³-hybridized carbons (Fsp3) is 0.214. The summed E-state index contributed by atoms with van der Waals surface area (Å²) in [5, 5.41) is 15.2. The lowest BCUT2D eigenvalue weighted by molar-refractivity contribution is -0.665. The van der Waals surface area contributed by atoms with E-state index in [1.54, 1.807) is 0 Å². The van der Waals surface area contributed by atoms with Crippen LogP contribution in [0.4, 0.5) is 5.82 Å². The summed E-state index contributed by atoms with van der Waals surface area (Å²) in [5.41, 5.74) is 2.27. The number of rotatable bonds is 0. The molecule has 0 saturated carbocycles. The first-order valence-electron chi connectivity index (χ1n) is 6.21. The van der Waals surface area contributed by atoms with E-state index >= 15 is 0 Å². The van der Waals surface area contributed by atoms with Crippen molar-refractivity contribution < 1.29 is 9.67 Å². The van der Waals surface area contributed by atoms with Gasteiger partial charge in [-0.05, 0) is 12.1 Å². The second kappa shape index (κ2) is 4.40. The normalized spacial score (nSPS) is 17.8. The summed E-state index contributed by atoms with van der Waals surface area (Å²) in [4.78, 5) is 3.46. The number of aryl methyl sites for hydroxylation is 1. The zero-order valence-electron chi connectivity index (χ0n) is 10.3. The van der Waals surface area contributed by atoms with Crippen LogP contribution in [-0.2, 0) is 6.54 Å². The van der Waals surface area contributed by atoms with Crippen molar-refractivity contribution >= 4 is 40.2 Å². The molecule has 1 unspecified atom stereocenters. The van der Waals surface area contributed by atoms with E-state index in [-0.39, 0.29) is 12.4 Å². The largest absolute Gasteiger partial charge is 0.361 e. The predicted molar refractivity (Wildman–Crippen MR) is 77.5 cm³/mol. The minimum absolute atomic E-state index is 0. The Labute approximate surface area is 116 Å². The number of nitrogens with one attached hydrogen (secondary N) is 2. The fourth-order valence-electron chi connectivity index (χ4n) is 2.76. The molecule has 3 N–H and O–H groups in total. The molecule has 3 aromatic rings. The lowest BCUT2D eigenvalue weighted by atomic mass is 10.2. The van der Waals surface area contributed by atoms with E-state index in [0.717, 1.165) is 29.9 Å². The number of hydrogen-bond donors (Lipinski definition) is 3. The SMILES string of the molecule is Cl.OC1CC[n+]2c(ccc3c4ccccc4[nH]c32)N1. The Hall–Kier alpha value is -1.78. The van der Waals surface area contributed by atoms with Gasteiger partial charge in [-0.1, -0.05) is 18.2 Å². The molecule has 0 saturated heterocycles. The van der Waals surface area contributed by atoms with E-state index < -0.39 is 6.23 Å². The van der Waals surface area contributed by atoms with Crippen LogP contribution >= 0.6 is 12.4 Å². The van der Waals surface area contributed by atoms with Gasteiger partial charge in [0.2, 0.25) is 11.5 Å². The molecule has 1 aliphatic rings. The first-order valence-corrected chi connectivity index (χ1v) is 6.21. The van der Waals surface area contributed by atoms with Gasteiger partial charge in [0.05, 0.1) is 11.9 Å². The molecule has 0 aliphatic carbocycles. The molecule has 0 fully saturated rings. The van der Waals surface area contributed by atoms with Gasteiger partial charge in [0.1, 0.15) is 5.52 Å². The molecule has 19 heavy (non-hydrogen) atoms. The van der Waals surface area contributed by atoms with E-state index in [2.05, 4.69) is 39.1 Å².